The van der Waals surface area contributed by atoms with Gasteiger partial charge in [-0.05, 0) is 45.7 Å². The molecule has 0 unspecified atom stereocenters. The van der Waals surface area contributed by atoms with Crippen molar-refractivity contribution < 1.29 is 14.3 Å². The SMILES string of the molecule is Cc1ccc(O[C@H](C)C(=O)N2C[C@@H](C(N)=O)CC[C@H]2C)cc1. The third-order valence-corrected chi connectivity index (χ3v) is 4.25. The second-order valence-electron chi connectivity index (χ2n) is 6.09. The largest absolute Gasteiger partial charge is 0.481 e. The second kappa shape index (κ2) is 6.81. The Balaban J connectivity index is 2.02. The molecule has 0 spiro atoms. The molecular weight excluding hydrogens is 280 g/mol. The van der Waals surface area contributed by atoms with E-state index in [1.807, 2.05) is 38.1 Å². The van der Waals surface area contributed by atoms with Gasteiger partial charge in [-0.2, -0.15) is 0 Å². The molecule has 1 aliphatic rings. The Kier molecular flexibility index (Phi) is 5.06. The summed E-state index contributed by atoms with van der Waals surface area (Å²) in [5, 5.41) is 0. The molecule has 120 valence electrons. The minimum absolute atomic E-state index is 0.0981. The summed E-state index contributed by atoms with van der Waals surface area (Å²) in [7, 11) is 0. The van der Waals surface area contributed by atoms with Gasteiger partial charge in [-0.15, -0.1) is 0 Å². The van der Waals surface area contributed by atoms with E-state index < -0.39 is 6.10 Å². The van der Waals surface area contributed by atoms with Crippen LogP contribution in [-0.4, -0.2) is 35.4 Å². The predicted octanol–water partition coefficient (Wildman–Crippen LogP) is 1.87. The average molecular weight is 304 g/mol. The first-order valence-corrected chi connectivity index (χ1v) is 7.71. The Morgan fingerprint density at radius 3 is 2.50 bits per heavy atom. The predicted molar refractivity (Wildman–Crippen MR) is 84.4 cm³/mol. The van der Waals surface area contributed by atoms with Crippen LogP contribution in [0, 0.1) is 12.8 Å². The van der Waals surface area contributed by atoms with E-state index in [9.17, 15) is 9.59 Å². The Hall–Kier alpha value is -2.04. The van der Waals surface area contributed by atoms with Crippen LogP contribution < -0.4 is 10.5 Å². The van der Waals surface area contributed by atoms with E-state index in [1.165, 1.54) is 0 Å². The molecule has 3 atom stereocenters. The number of nitrogens with two attached hydrogens (primary N) is 1. The molecule has 5 nitrogen and oxygen atoms in total. The van der Waals surface area contributed by atoms with Crippen molar-refractivity contribution >= 4 is 11.8 Å². The lowest BCUT2D eigenvalue weighted by Gasteiger charge is -2.38. The van der Waals surface area contributed by atoms with Crippen molar-refractivity contribution in [2.45, 2.75) is 45.8 Å². The minimum Gasteiger partial charge on any atom is -0.481 e. The fourth-order valence-corrected chi connectivity index (χ4v) is 2.75. The summed E-state index contributed by atoms with van der Waals surface area (Å²) in [4.78, 5) is 25.7. The molecule has 1 saturated heterocycles. The molecule has 0 radical (unpaired) electrons. The highest BCUT2D eigenvalue weighted by molar-refractivity contribution is 5.83. The first-order chi connectivity index (χ1) is 10.4. The van der Waals surface area contributed by atoms with Gasteiger partial charge >= 0.3 is 0 Å². The van der Waals surface area contributed by atoms with Gasteiger partial charge in [0.2, 0.25) is 5.91 Å². The van der Waals surface area contributed by atoms with Crippen molar-refractivity contribution in [1.29, 1.82) is 0 Å². The monoisotopic (exact) mass is 304 g/mol. The number of aryl methyl sites for hydroxylation is 1. The topological polar surface area (TPSA) is 72.6 Å². The number of likely N-dealkylation sites (tertiary alicyclic amines) is 1. The molecule has 0 bridgehead atoms. The smallest absolute Gasteiger partial charge is 0.263 e. The summed E-state index contributed by atoms with van der Waals surface area (Å²) in [5.74, 6) is -0.0230. The number of amides is 2. The van der Waals surface area contributed by atoms with Crippen molar-refractivity contribution in [2.75, 3.05) is 6.54 Å². The van der Waals surface area contributed by atoms with Crippen molar-refractivity contribution in [3.63, 3.8) is 0 Å². The second-order valence-corrected chi connectivity index (χ2v) is 6.09. The molecule has 2 amide bonds. The van der Waals surface area contributed by atoms with E-state index in [2.05, 4.69) is 0 Å². The summed E-state index contributed by atoms with van der Waals surface area (Å²) >= 11 is 0. The van der Waals surface area contributed by atoms with E-state index in [1.54, 1.807) is 11.8 Å². The van der Waals surface area contributed by atoms with Crippen LogP contribution in [-0.2, 0) is 9.59 Å². The molecule has 5 heteroatoms. The number of carbonyl (C=O) groups excluding carboxylic acids is 2. The van der Waals surface area contributed by atoms with Gasteiger partial charge in [-0.25, -0.2) is 0 Å². The van der Waals surface area contributed by atoms with E-state index in [0.29, 0.717) is 12.3 Å². The van der Waals surface area contributed by atoms with Gasteiger partial charge in [0.15, 0.2) is 6.10 Å². The van der Waals surface area contributed by atoms with Crippen molar-refractivity contribution in [3.05, 3.63) is 29.8 Å². The van der Waals surface area contributed by atoms with Crippen LogP contribution in [0.25, 0.3) is 0 Å². The van der Waals surface area contributed by atoms with Gasteiger partial charge in [0, 0.05) is 12.6 Å². The zero-order chi connectivity index (χ0) is 16.3. The molecule has 1 aromatic rings. The van der Waals surface area contributed by atoms with Crippen LogP contribution in [0.5, 0.6) is 5.75 Å². The Morgan fingerprint density at radius 1 is 1.27 bits per heavy atom. The number of piperidine rings is 1. The molecule has 1 aliphatic heterocycles. The molecule has 0 aliphatic carbocycles. The lowest BCUT2D eigenvalue weighted by Crippen LogP contribution is -2.52. The number of benzene rings is 1. The van der Waals surface area contributed by atoms with Gasteiger partial charge in [-0.3, -0.25) is 9.59 Å². The van der Waals surface area contributed by atoms with Gasteiger partial charge in [0.25, 0.3) is 5.91 Å². The van der Waals surface area contributed by atoms with Crippen LogP contribution in [0.2, 0.25) is 0 Å². The van der Waals surface area contributed by atoms with Gasteiger partial charge < -0.3 is 15.4 Å². The molecule has 1 aromatic carbocycles. The first kappa shape index (κ1) is 16.3. The third-order valence-electron chi connectivity index (χ3n) is 4.25. The van der Waals surface area contributed by atoms with Crippen LogP contribution in [0.4, 0.5) is 0 Å². The maximum atomic E-state index is 12.6. The highest BCUT2D eigenvalue weighted by atomic mass is 16.5. The maximum Gasteiger partial charge on any atom is 0.263 e. The number of nitrogens with zero attached hydrogens (tertiary/aromatic N) is 1. The summed E-state index contributed by atoms with van der Waals surface area (Å²) in [6.45, 7) is 6.12. The fourth-order valence-electron chi connectivity index (χ4n) is 2.75. The Morgan fingerprint density at radius 2 is 1.91 bits per heavy atom. The number of hydrogen-bond acceptors (Lipinski definition) is 3. The van der Waals surface area contributed by atoms with Crippen LogP contribution in [0.15, 0.2) is 24.3 Å². The van der Waals surface area contributed by atoms with Gasteiger partial charge in [0.05, 0.1) is 5.92 Å². The van der Waals surface area contributed by atoms with Gasteiger partial charge in [0.1, 0.15) is 5.75 Å². The van der Waals surface area contributed by atoms with Crippen molar-refractivity contribution in [2.24, 2.45) is 11.7 Å². The highest BCUT2D eigenvalue weighted by Crippen LogP contribution is 2.23. The lowest BCUT2D eigenvalue weighted by atomic mass is 9.92. The van der Waals surface area contributed by atoms with Crippen molar-refractivity contribution in [1.82, 2.24) is 4.90 Å². The van der Waals surface area contributed by atoms with E-state index >= 15 is 0 Å². The Labute approximate surface area is 131 Å². The quantitative estimate of drug-likeness (QED) is 0.923. The van der Waals surface area contributed by atoms with E-state index in [0.717, 1.165) is 18.4 Å². The average Bonchev–Trinajstić information content (AvgIpc) is 2.49. The fraction of sp³-hybridized carbons (Fsp3) is 0.529. The zero-order valence-corrected chi connectivity index (χ0v) is 13.4. The first-order valence-electron chi connectivity index (χ1n) is 7.71. The van der Waals surface area contributed by atoms with Crippen LogP contribution in [0.1, 0.15) is 32.3 Å². The van der Waals surface area contributed by atoms with Crippen LogP contribution >= 0.6 is 0 Å². The normalized spacial score (nSPS) is 23.0. The van der Waals surface area contributed by atoms with Crippen LogP contribution in [0.3, 0.4) is 0 Å². The minimum atomic E-state index is -0.586. The molecule has 1 heterocycles. The summed E-state index contributed by atoms with van der Waals surface area (Å²) in [5.41, 5.74) is 6.52. The van der Waals surface area contributed by atoms with E-state index in [4.69, 9.17) is 10.5 Å². The standard InChI is InChI=1S/C17H24N2O3/c1-11-4-8-15(9-5-11)22-13(3)17(21)19-10-14(16(18)20)7-6-12(19)2/h4-5,8-9,12-14H,6-7,10H2,1-3H3,(H2,18,20)/t12-,13-,14+/m1/s1. The molecular formula is C17H24N2O3. The number of primary amides is 1. The third kappa shape index (κ3) is 3.78. The molecule has 1 fully saturated rings. The maximum absolute atomic E-state index is 12.6. The number of carbonyl (C=O) groups is 2. The van der Waals surface area contributed by atoms with E-state index in [-0.39, 0.29) is 23.8 Å². The zero-order valence-electron chi connectivity index (χ0n) is 13.4. The Bertz CT molecular complexity index is 541. The lowest BCUT2D eigenvalue weighted by molar-refractivity contribution is -0.143. The van der Waals surface area contributed by atoms with Crippen molar-refractivity contribution in [3.8, 4) is 5.75 Å². The number of hydrogen-bond donors (Lipinski definition) is 1. The molecule has 0 saturated carbocycles. The molecule has 2 rings (SSSR count). The number of ether oxygens (including phenoxy) is 1. The summed E-state index contributed by atoms with van der Waals surface area (Å²) in [6, 6.07) is 7.70. The number of rotatable bonds is 4. The molecule has 0 aromatic heterocycles. The van der Waals surface area contributed by atoms with Gasteiger partial charge in [-0.1, -0.05) is 17.7 Å². The molecule has 2 N–H and O–H groups in total. The summed E-state index contributed by atoms with van der Waals surface area (Å²) in [6.07, 6.45) is 0.946. The highest BCUT2D eigenvalue weighted by Gasteiger charge is 2.34. The summed E-state index contributed by atoms with van der Waals surface area (Å²) < 4.78 is 5.72. The molecule has 22 heavy (non-hydrogen) atoms.